The summed E-state index contributed by atoms with van der Waals surface area (Å²) in [6.45, 7) is 15.8. The summed E-state index contributed by atoms with van der Waals surface area (Å²) >= 11 is 0. The number of carbonyl (C=O) groups is 3. The second-order valence-electron chi connectivity index (χ2n) is 9.42. The summed E-state index contributed by atoms with van der Waals surface area (Å²) < 4.78 is 5.87. The van der Waals surface area contributed by atoms with Gasteiger partial charge in [-0.2, -0.15) is 0 Å². The molecule has 170 valence electrons. The van der Waals surface area contributed by atoms with E-state index in [2.05, 4.69) is 22.9 Å². The van der Waals surface area contributed by atoms with Crippen LogP contribution in [0.25, 0.3) is 0 Å². The number of ether oxygens (including phenoxy) is 1. The molecule has 0 saturated carbocycles. The van der Waals surface area contributed by atoms with Crippen LogP contribution in [0.5, 0.6) is 0 Å². The zero-order valence-electron chi connectivity index (χ0n) is 19.6. The Kier molecular flexibility index (Phi) is 12.8. The molecule has 0 bridgehead atoms. The first-order valence-corrected chi connectivity index (χ1v) is 10.8. The van der Waals surface area contributed by atoms with Crippen molar-refractivity contribution in [1.29, 1.82) is 0 Å². The van der Waals surface area contributed by atoms with Crippen LogP contribution in [0, 0.1) is 10.8 Å². The smallest absolute Gasteiger partial charge is 0.242 e. The van der Waals surface area contributed by atoms with Gasteiger partial charge in [-0.3, -0.25) is 14.4 Å². The molecule has 0 unspecified atom stereocenters. The molecular formula is C22H43N3O4. The van der Waals surface area contributed by atoms with Crippen molar-refractivity contribution in [3.8, 4) is 0 Å². The van der Waals surface area contributed by atoms with Gasteiger partial charge >= 0.3 is 0 Å². The highest BCUT2D eigenvalue weighted by molar-refractivity contribution is 5.87. The Labute approximate surface area is 177 Å². The van der Waals surface area contributed by atoms with Crippen LogP contribution in [-0.2, 0) is 19.1 Å². The molecule has 0 radical (unpaired) electrons. The zero-order valence-corrected chi connectivity index (χ0v) is 19.6. The average molecular weight is 414 g/mol. The van der Waals surface area contributed by atoms with Crippen molar-refractivity contribution in [2.75, 3.05) is 26.3 Å². The van der Waals surface area contributed by atoms with E-state index in [0.717, 1.165) is 19.3 Å². The monoisotopic (exact) mass is 413 g/mol. The SMILES string of the molecule is CCCCCC(=O)N[C@@H](C)C(=O)NCC(C)(C)COCC(C)(C)CNC(=O)CC. The lowest BCUT2D eigenvalue weighted by molar-refractivity contribution is -0.129. The molecule has 0 heterocycles. The van der Waals surface area contributed by atoms with Crippen LogP contribution >= 0.6 is 0 Å². The maximum atomic E-state index is 12.3. The second-order valence-corrected chi connectivity index (χ2v) is 9.42. The molecular weight excluding hydrogens is 370 g/mol. The summed E-state index contributed by atoms with van der Waals surface area (Å²) in [4.78, 5) is 35.5. The number of carbonyl (C=O) groups excluding carboxylic acids is 3. The first kappa shape index (κ1) is 27.4. The molecule has 0 fully saturated rings. The van der Waals surface area contributed by atoms with Gasteiger partial charge in [-0.05, 0) is 13.3 Å². The molecule has 0 aliphatic carbocycles. The van der Waals surface area contributed by atoms with Gasteiger partial charge in [-0.25, -0.2) is 0 Å². The minimum atomic E-state index is -0.554. The second kappa shape index (κ2) is 13.6. The van der Waals surface area contributed by atoms with E-state index in [9.17, 15) is 14.4 Å². The third-order valence-electron chi connectivity index (χ3n) is 4.59. The predicted molar refractivity (Wildman–Crippen MR) is 116 cm³/mol. The van der Waals surface area contributed by atoms with E-state index in [4.69, 9.17) is 4.74 Å². The van der Waals surface area contributed by atoms with Gasteiger partial charge in [-0.1, -0.05) is 54.4 Å². The molecule has 7 heteroatoms. The van der Waals surface area contributed by atoms with Crippen LogP contribution in [0.4, 0.5) is 0 Å². The molecule has 0 aromatic rings. The normalized spacial score (nSPS) is 12.9. The summed E-state index contributed by atoms with van der Waals surface area (Å²) in [5, 5.41) is 8.54. The Morgan fingerprint density at radius 1 is 0.862 bits per heavy atom. The summed E-state index contributed by atoms with van der Waals surface area (Å²) in [6.07, 6.45) is 3.86. The van der Waals surface area contributed by atoms with E-state index in [1.54, 1.807) is 6.92 Å². The number of unbranched alkanes of at least 4 members (excludes halogenated alkanes) is 2. The number of rotatable bonds is 15. The van der Waals surface area contributed by atoms with Gasteiger partial charge in [0.2, 0.25) is 17.7 Å². The van der Waals surface area contributed by atoms with Crippen molar-refractivity contribution in [2.45, 2.75) is 86.6 Å². The largest absolute Gasteiger partial charge is 0.380 e. The van der Waals surface area contributed by atoms with Crippen LogP contribution in [0.15, 0.2) is 0 Å². The summed E-state index contributed by atoms with van der Waals surface area (Å²) in [5.41, 5.74) is -0.413. The Bertz CT molecular complexity index is 518. The van der Waals surface area contributed by atoms with Gasteiger partial charge in [0.15, 0.2) is 0 Å². The molecule has 0 aliphatic heterocycles. The summed E-state index contributed by atoms with van der Waals surface area (Å²) in [5.74, 6) is -0.238. The van der Waals surface area contributed by atoms with Crippen molar-refractivity contribution in [2.24, 2.45) is 10.8 Å². The number of amides is 3. The number of nitrogens with one attached hydrogen (secondary N) is 3. The predicted octanol–water partition coefficient (Wildman–Crippen LogP) is 2.78. The van der Waals surface area contributed by atoms with Crippen molar-refractivity contribution in [3.05, 3.63) is 0 Å². The molecule has 0 aromatic heterocycles. The van der Waals surface area contributed by atoms with Gasteiger partial charge < -0.3 is 20.7 Å². The van der Waals surface area contributed by atoms with Crippen LogP contribution in [0.2, 0.25) is 0 Å². The Balaban J connectivity index is 4.21. The highest BCUT2D eigenvalue weighted by atomic mass is 16.5. The van der Waals surface area contributed by atoms with Gasteiger partial charge in [-0.15, -0.1) is 0 Å². The third kappa shape index (κ3) is 14.1. The van der Waals surface area contributed by atoms with Gasteiger partial charge in [0.25, 0.3) is 0 Å². The van der Waals surface area contributed by atoms with Crippen LogP contribution in [0.1, 0.15) is 80.6 Å². The Morgan fingerprint density at radius 2 is 1.41 bits per heavy atom. The van der Waals surface area contributed by atoms with E-state index in [1.807, 2.05) is 34.6 Å². The molecule has 0 spiro atoms. The lowest BCUT2D eigenvalue weighted by Gasteiger charge is -2.29. The minimum absolute atomic E-state index is 0.0349. The lowest BCUT2D eigenvalue weighted by Crippen LogP contribution is -2.47. The van der Waals surface area contributed by atoms with Crippen molar-refractivity contribution < 1.29 is 19.1 Å². The molecule has 0 aliphatic rings. The molecule has 1 atom stereocenters. The Morgan fingerprint density at radius 3 is 1.93 bits per heavy atom. The molecule has 0 aromatic carbocycles. The highest BCUT2D eigenvalue weighted by Gasteiger charge is 2.24. The molecule has 0 rings (SSSR count). The highest BCUT2D eigenvalue weighted by Crippen LogP contribution is 2.19. The molecule has 0 saturated heterocycles. The van der Waals surface area contributed by atoms with Crippen LogP contribution in [0.3, 0.4) is 0 Å². The maximum Gasteiger partial charge on any atom is 0.242 e. The van der Waals surface area contributed by atoms with E-state index in [0.29, 0.717) is 39.1 Å². The van der Waals surface area contributed by atoms with E-state index in [1.165, 1.54) is 0 Å². The molecule has 3 amide bonds. The lowest BCUT2D eigenvalue weighted by atomic mass is 9.93. The fourth-order valence-corrected chi connectivity index (χ4v) is 2.56. The summed E-state index contributed by atoms with van der Waals surface area (Å²) in [6, 6.07) is -0.554. The van der Waals surface area contributed by atoms with E-state index >= 15 is 0 Å². The molecule has 29 heavy (non-hydrogen) atoms. The fourth-order valence-electron chi connectivity index (χ4n) is 2.56. The fraction of sp³-hybridized carbons (Fsp3) is 0.864. The van der Waals surface area contributed by atoms with Crippen molar-refractivity contribution >= 4 is 17.7 Å². The average Bonchev–Trinajstić information content (AvgIpc) is 2.64. The molecule has 3 N–H and O–H groups in total. The zero-order chi connectivity index (χ0) is 22.5. The Hall–Kier alpha value is -1.63. The van der Waals surface area contributed by atoms with Crippen LogP contribution in [-0.4, -0.2) is 50.1 Å². The van der Waals surface area contributed by atoms with E-state index < -0.39 is 6.04 Å². The maximum absolute atomic E-state index is 12.3. The van der Waals surface area contributed by atoms with Gasteiger partial charge in [0, 0.05) is 36.8 Å². The van der Waals surface area contributed by atoms with Crippen molar-refractivity contribution in [3.63, 3.8) is 0 Å². The quantitative estimate of drug-likeness (QED) is 0.360. The topological polar surface area (TPSA) is 96.5 Å². The number of hydrogen-bond donors (Lipinski definition) is 3. The van der Waals surface area contributed by atoms with Gasteiger partial charge in [0.05, 0.1) is 13.2 Å². The first-order valence-electron chi connectivity index (χ1n) is 10.8. The number of hydrogen-bond acceptors (Lipinski definition) is 4. The summed E-state index contributed by atoms with van der Waals surface area (Å²) in [7, 11) is 0. The standard InChI is InChI=1S/C22H43N3O4/c1-8-10-11-12-19(27)25-17(3)20(28)24-14-22(6,7)16-29-15-21(4,5)13-23-18(26)9-2/h17H,8-16H2,1-7H3,(H,23,26)(H,24,28)(H,25,27)/t17-/m0/s1. The molecule has 7 nitrogen and oxygen atoms in total. The van der Waals surface area contributed by atoms with Gasteiger partial charge in [0.1, 0.15) is 6.04 Å². The third-order valence-corrected chi connectivity index (χ3v) is 4.59. The minimum Gasteiger partial charge on any atom is -0.380 e. The van der Waals surface area contributed by atoms with E-state index in [-0.39, 0.29) is 28.6 Å². The van der Waals surface area contributed by atoms with Crippen LogP contribution < -0.4 is 16.0 Å². The van der Waals surface area contributed by atoms with Crippen molar-refractivity contribution in [1.82, 2.24) is 16.0 Å². The first-order chi connectivity index (χ1) is 13.4.